The van der Waals surface area contributed by atoms with Gasteiger partial charge in [-0.15, -0.1) is 0 Å². The van der Waals surface area contributed by atoms with Crippen LogP contribution in [0.2, 0.25) is 0 Å². The maximum Gasteiger partial charge on any atom is 0.168 e. The highest BCUT2D eigenvalue weighted by Crippen LogP contribution is 2.20. The standard InChI is InChI=1S/C12H21N3O/c1-3-5-6-9(4-2)7-11(16)10-8-14-15-12(10)13/h8-9H,3-7H2,1-2H3,(H3,13,14,15). The van der Waals surface area contributed by atoms with Crippen molar-refractivity contribution >= 4 is 11.6 Å². The fourth-order valence-corrected chi connectivity index (χ4v) is 1.83. The summed E-state index contributed by atoms with van der Waals surface area (Å²) in [6.45, 7) is 4.30. The van der Waals surface area contributed by atoms with Gasteiger partial charge >= 0.3 is 0 Å². The number of nitrogens with one attached hydrogen (secondary N) is 1. The molecular formula is C12H21N3O. The molecule has 1 aromatic heterocycles. The molecule has 0 spiro atoms. The van der Waals surface area contributed by atoms with Crippen LogP contribution in [0.15, 0.2) is 6.20 Å². The topological polar surface area (TPSA) is 71.8 Å². The third-order valence-corrected chi connectivity index (χ3v) is 2.99. The number of Topliss-reactive ketones (excluding diaryl/α,β-unsaturated/α-hetero) is 1. The molecule has 4 nitrogen and oxygen atoms in total. The number of aromatic amines is 1. The van der Waals surface area contributed by atoms with Gasteiger partial charge in [0.2, 0.25) is 0 Å². The van der Waals surface area contributed by atoms with Gasteiger partial charge in [0.1, 0.15) is 5.82 Å². The van der Waals surface area contributed by atoms with Gasteiger partial charge in [-0.3, -0.25) is 9.89 Å². The van der Waals surface area contributed by atoms with Gasteiger partial charge in [0.25, 0.3) is 0 Å². The van der Waals surface area contributed by atoms with Crippen LogP contribution in [-0.4, -0.2) is 16.0 Å². The SMILES string of the molecule is CCCCC(CC)CC(=O)c1cn[nH]c1N. The van der Waals surface area contributed by atoms with Crippen molar-refractivity contribution in [2.24, 2.45) is 5.92 Å². The van der Waals surface area contributed by atoms with E-state index in [1.54, 1.807) is 0 Å². The van der Waals surface area contributed by atoms with Crippen molar-refractivity contribution < 1.29 is 4.79 Å². The van der Waals surface area contributed by atoms with Crippen LogP contribution >= 0.6 is 0 Å². The molecule has 1 unspecified atom stereocenters. The van der Waals surface area contributed by atoms with Gasteiger partial charge in [0.05, 0.1) is 11.8 Å². The Bertz CT molecular complexity index is 333. The molecule has 0 amide bonds. The van der Waals surface area contributed by atoms with Crippen molar-refractivity contribution in [2.45, 2.75) is 46.0 Å². The van der Waals surface area contributed by atoms with E-state index in [-0.39, 0.29) is 5.78 Å². The van der Waals surface area contributed by atoms with Crippen molar-refractivity contribution in [2.75, 3.05) is 5.73 Å². The van der Waals surface area contributed by atoms with E-state index >= 15 is 0 Å². The lowest BCUT2D eigenvalue weighted by Gasteiger charge is -2.12. The molecule has 0 radical (unpaired) electrons. The molecule has 0 fully saturated rings. The Labute approximate surface area is 96.6 Å². The predicted octanol–water partition coefficient (Wildman–Crippen LogP) is 2.78. The average molecular weight is 223 g/mol. The van der Waals surface area contributed by atoms with Gasteiger partial charge in [0, 0.05) is 6.42 Å². The quantitative estimate of drug-likeness (QED) is 0.698. The molecule has 1 aromatic rings. The summed E-state index contributed by atoms with van der Waals surface area (Å²) in [5.41, 5.74) is 6.16. The van der Waals surface area contributed by atoms with E-state index in [0.717, 1.165) is 12.8 Å². The second-order valence-corrected chi connectivity index (χ2v) is 4.24. The predicted molar refractivity (Wildman–Crippen MR) is 65.3 cm³/mol. The number of anilines is 1. The van der Waals surface area contributed by atoms with Gasteiger partial charge in [-0.2, -0.15) is 5.10 Å². The van der Waals surface area contributed by atoms with Crippen LogP contribution in [0.4, 0.5) is 5.82 Å². The number of nitrogens with zero attached hydrogens (tertiary/aromatic N) is 1. The average Bonchev–Trinajstić information content (AvgIpc) is 2.70. The van der Waals surface area contributed by atoms with Crippen LogP contribution in [0, 0.1) is 5.92 Å². The maximum atomic E-state index is 11.9. The molecular weight excluding hydrogens is 202 g/mol. The Hall–Kier alpha value is -1.32. The molecule has 3 N–H and O–H groups in total. The molecule has 0 bridgehead atoms. The highest BCUT2D eigenvalue weighted by Gasteiger charge is 2.16. The van der Waals surface area contributed by atoms with E-state index < -0.39 is 0 Å². The zero-order chi connectivity index (χ0) is 12.0. The molecule has 1 rings (SSSR count). The Morgan fingerprint density at radius 1 is 1.56 bits per heavy atom. The summed E-state index contributed by atoms with van der Waals surface area (Å²) in [5, 5.41) is 6.36. The molecule has 0 aliphatic carbocycles. The molecule has 1 atom stereocenters. The molecule has 0 aromatic carbocycles. The molecule has 4 heteroatoms. The van der Waals surface area contributed by atoms with Crippen molar-refractivity contribution in [1.82, 2.24) is 10.2 Å². The number of carbonyl (C=O) groups excluding carboxylic acids is 1. The van der Waals surface area contributed by atoms with Crippen molar-refractivity contribution in [3.05, 3.63) is 11.8 Å². The first-order valence-corrected chi connectivity index (χ1v) is 6.01. The Morgan fingerprint density at radius 2 is 2.31 bits per heavy atom. The first-order valence-electron chi connectivity index (χ1n) is 6.01. The van der Waals surface area contributed by atoms with Crippen LogP contribution in [0.3, 0.4) is 0 Å². The lowest BCUT2D eigenvalue weighted by atomic mass is 9.92. The Morgan fingerprint density at radius 3 is 2.81 bits per heavy atom. The highest BCUT2D eigenvalue weighted by molar-refractivity contribution is 5.99. The van der Waals surface area contributed by atoms with Crippen molar-refractivity contribution in [1.29, 1.82) is 0 Å². The van der Waals surface area contributed by atoms with Gasteiger partial charge in [-0.05, 0) is 5.92 Å². The minimum Gasteiger partial charge on any atom is -0.383 e. The van der Waals surface area contributed by atoms with Crippen LogP contribution < -0.4 is 5.73 Å². The second-order valence-electron chi connectivity index (χ2n) is 4.24. The summed E-state index contributed by atoms with van der Waals surface area (Å²) >= 11 is 0. The molecule has 0 aliphatic heterocycles. The normalized spacial score (nSPS) is 12.6. The number of nitrogens with two attached hydrogens (primary N) is 1. The van der Waals surface area contributed by atoms with Crippen LogP contribution in [0.1, 0.15) is 56.3 Å². The third-order valence-electron chi connectivity index (χ3n) is 2.99. The summed E-state index contributed by atoms with van der Waals surface area (Å²) in [7, 11) is 0. The Balaban J connectivity index is 2.52. The van der Waals surface area contributed by atoms with Crippen LogP contribution in [0.5, 0.6) is 0 Å². The number of carbonyl (C=O) groups is 1. The van der Waals surface area contributed by atoms with E-state index in [2.05, 4.69) is 24.0 Å². The van der Waals surface area contributed by atoms with Crippen LogP contribution in [-0.2, 0) is 0 Å². The van der Waals surface area contributed by atoms with Crippen molar-refractivity contribution in [3.8, 4) is 0 Å². The van der Waals surface area contributed by atoms with Crippen molar-refractivity contribution in [3.63, 3.8) is 0 Å². The number of aromatic nitrogens is 2. The van der Waals surface area contributed by atoms with E-state index in [4.69, 9.17) is 5.73 Å². The van der Waals surface area contributed by atoms with E-state index in [9.17, 15) is 4.79 Å². The fraction of sp³-hybridized carbons (Fsp3) is 0.667. The smallest absolute Gasteiger partial charge is 0.168 e. The Kier molecular flexibility index (Phi) is 5.02. The minimum atomic E-state index is 0.106. The highest BCUT2D eigenvalue weighted by atomic mass is 16.1. The van der Waals surface area contributed by atoms with Crippen LogP contribution in [0.25, 0.3) is 0 Å². The van der Waals surface area contributed by atoms with E-state index in [0.29, 0.717) is 23.7 Å². The number of hydrogen-bond donors (Lipinski definition) is 2. The lowest BCUT2D eigenvalue weighted by molar-refractivity contribution is 0.0958. The molecule has 0 saturated heterocycles. The molecule has 90 valence electrons. The number of rotatable bonds is 7. The molecule has 0 aliphatic rings. The number of H-pyrrole nitrogens is 1. The third kappa shape index (κ3) is 3.36. The largest absolute Gasteiger partial charge is 0.383 e. The molecule has 1 heterocycles. The maximum absolute atomic E-state index is 11.9. The summed E-state index contributed by atoms with van der Waals surface area (Å²) in [6, 6.07) is 0. The number of nitrogen functional groups attached to an aromatic ring is 1. The first kappa shape index (κ1) is 12.7. The summed E-state index contributed by atoms with van der Waals surface area (Å²) in [4.78, 5) is 11.9. The molecule has 16 heavy (non-hydrogen) atoms. The van der Waals surface area contributed by atoms with E-state index in [1.807, 2.05) is 0 Å². The minimum absolute atomic E-state index is 0.106. The van der Waals surface area contributed by atoms with Gasteiger partial charge in [-0.1, -0.05) is 39.5 Å². The van der Waals surface area contributed by atoms with Gasteiger partial charge in [-0.25, -0.2) is 0 Å². The number of hydrogen-bond acceptors (Lipinski definition) is 3. The summed E-state index contributed by atoms with van der Waals surface area (Å²) in [5.74, 6) is 0.964. The number of unbranched alkanes of at least 4 members (excludes halogenated alkanes) is 1. The second kappa shape index (κ2) is 6.30. The fourth-order valence-electron chi connectivity index (χ4n) is 1.83. The van der Waals surface area contributed by atoms with E-state index in [1.165, 1.54) is 19.0 Å². The van der Waals surface area contributed by atoms with Gasteiger partial charge < -0.3 is 5.73 Å². The molecule has 0 saturated carbocycles. The zero-order valence-corrected chi connectivity index (χ0v) is 10.1. The summed E-state index contributed by atoms with van der Waals surface area (Å²) in [6.07, 6.45) is 6.63. The zero-order valence-electron chi connectivity index (χ0n) is 10.1. The summed E-state index contributed by atoms with van der Waals surface area (Å²) < 4.78 is 0. The monoisotopic (exact) mass is 223 g/mol. The van der Waals surface area contributed by atoms with Gasteiger partial charge in [0.15, 0.2) is 5.78 Å². The first-order chi connectivity index (χ1) is 7.69. The lowest BCUT2D eigenvalue weighted by Crippen LogP contribution is -2.09. The number of ketones is 1.